The molecule has 110 valence electrons. The molecule has 6 nitrogen and oxygen atoms in total. The van der Waals surface area contributed by atoms with Crippen molar-refractivity contribution in [3.05, 3.63) is 0 Å². The standard InChI is InChI=1S/C13H25N3O3/c1-10(8-12(17)18)14-13(19)15-11(2)9-16-6-4-3-5-7-16/h10-11H,3-9H2,1-2H3,(H,17,18)(H2,14,15,19). The van der Waals surface area contributed by atoms with Crippen LogP contribution in [0.25, 0.3) is 0 Å². The van der Waals surface area contributed by atoms with Crippen molar-refractivity contribution < 1.29 is 14.7 Å². The molecule has 1 heterocycles. The molecule has 0 aliphatic carbocycles. The summed E-state index contributed by atoms with van der Waals surface area (Å²) in [4.78, 5) is 24.5. The van der Waals surface area contributed by atoms with Gasteiger partial charge in [-0.2, -0.15) is 0 Å². The zero-order valence-electron chi connectivity index (χ0n) is 11.8. The molecule has 0 aromatic carbocycles. The Kier molecular flexibility index (Phi) is 6.62. The summed E-state index contributed by atoms with van der Waals surface area (Å²) in [7, 11) is 0. The van der Waals surface area contributed by atoms with E-state index in [1.165, 1.54) is 19.3 Å². The number of likely N-dealkylation sites (tertiary alicyclic amines) is 1. The van der Waals surface area contributed by atoms with Gasteiger partial charge in [0, 0.05) is 18.6 Å². The number of carbonyl (C=O) groups is 2. The fraction of sp³-hybridized carbons (Fsp3) is 0.846. The van der Waals surface area contributed by atoms with Crippen molar-refractivity contribution >= 4 is 12.0 Å². The number of nitrogens with one attached hydrogen (secondary N) is 2. The molecule has 2 atom stereocenters. The molecule has 0 spiro atoms. The Morgan fingerprint density at radius 3 is 2.26 bits per heavy atom. The van der Waals surface area contributed by atoms with E-state index < -0.39 is 5.97 Å². The van der Waals surface area contributed by atoms with E-state index in [1.807, 2.05) is 6.92 Å². The van der Waals surface area contributed by atoms with E-state index in [2.05, 4.69) is 15.5 Å². The van der Waals surface area contributed by atoms with E-state index in [9.17, 15) is 9.59 Å². The van der Waals surface area contributed by atoms with Crippen LogP contribution < -0.4 is 10.6 Å². The maximum Gasteiger partial charge on any atom is 0.315 e. The Hall–Kier alpha value is -1.30. The highest BCUT2D eigenvalue weighted by Gasteiger charge is 2.16. The summed E-state index contributed by atoms with van der Waals surface area (Å²) >= 11 is 0. The first-order valence-electron chi connectivity index (χ1n) is 6.98. The first kappa shape index (κ1) is 15.8. The maximum atomic E-state index is 11.7. The lowest BCUT2D eigenvalue weighted by Crippen LogP contribution is -2.49. The molecule has 0 saturated carbocycles. The lowest BCUT2D eigenvalue weighted by Gasteiger charge is -2.29. The lowest BCUT2D eigenvalue weighted by atomic mass is 10.1. The number of hydrogen-bond donors (Lipinski definition) is 3. The van der Waals surface area contributed by atoms with Crippen molar-refractivity contribution in [1.29, 1.82) is 0 Å². The average Bonchev–Trinajstić information content (AvgIpc) is 2.28. The molecule has 6 heteroatoms. The second-order valence-electron chi connectivity index (χ2n) is 5.38. The predicted octanol–water partition coefficient (Wildman–Crippen LogP) is 1.02. The highest BCUT2D eigenvalue weighted by Crippen LogP contribution is 2.08. The van der Waals surface area contributed by atoms with Gasteiger partial charge in [-0.3, -0.25) is 4.79 Å². The summed E-state index contributed by atoms with van der Waals surface area (Å²) in [5.41, 5.74) is 0. The third-order valence-corrected chi connectivity index (χ3v) is 3.22. The smallest absolute Gasteiger partial charge is 0.315 e. The monoisotopic (exact) mass is 271 g/mol. The molecule has 1 aliphatic heterocycles. The Morgan fingerprint density at radius 2 is 1.68 bits per heavy atom. The second-order valence-corrected chi connectivity index (χ2v) is 5.38. The largest absolute Gasteiger partial charge is 0.481 e. The van der Waals surface area contributed by atoms with Gasteiger partial charge in [-0.25, -0.2) is 4.79 Å². The van der Waals surface area contributed by atoms with E-state index in [0.717, 1.165) is 19.6 Å². The van der Waals surface area contributed by atoms with Crippen LogP contribution in [0, 0.1) is 0 Å². The van der Waals surface area contributed by atoms with Crippen molar-refractivity contribution in [2.24, 2.45) is 0 Å². The quantitative estimate of drug-likeness (QED) is 0.674. The fourth-order valence-electron chi connectivity index (χ4n) is 2.38. The third kappa shape index (κ3) is 7.00. The minimum Gasteiger partial charge on any atom is -0.481 e. The molecule has 0 aromatic heterocycles. The molecule has 1 fully saturated rings. The summed E-state index contributed by atoms with van der Waals surface area (Å²) < 4.78 is 0. The molecular formula is C13H25N3O3. The number of nitrogens with zero attached hydrogens (tertiary/aromatic N) is 1. The first-order chi connectivity index (χ1) is 8.97. The van der Waals surface area contributed by atoms with Crippen molar-refractivity contribution in [2.75, 3.05) is 19.6 Å². The van der Waals surface area contributed by atoms with Gasteiger partial charge >= 0.3 is 12.0 Å². The minimum absolute atomic E-state index is 0.0616. The third-order valence-electron chi connectivity index (χ3n) is 3.22. The number of rotatable bonds is 6. The second kappa shape index (κ2) is 7.99. The van der Waals surface area contributed by atoms with Crippen LogP contribution in [0.5, 0.6) is 0 Å². The highest BCUT2D eigenvalue weighted by molar-refractivity contribution is 5.75. The number of hydrogen-bond acceptors (Lipinski definition) is 3. The Bertz CT molecular complexity index is 304. The zero-order valence-corrected chi connectivity index (χ0v) is 11.8. The normalized spacial score (nSPS) is 19.5. The average molecular weight is 271 g/mol. The van der Waals surface area contributed by atoms with Crippen molar-refractivity contribution in [2.45, 2.75) is 51.6 Å². The number of carbonyl (C=O) groups excluding carboxylic acids is 1. The van der Waals surface area contributed by atoms with Crippen molar-refractivity contribution in [1.82, 2.24) is 15.5 Å². The van der Waals surface area contributed by atoms with Gasteiger partial charge in [-0.1, -0.05) is 6.42 Å². The van der Waals surface area contributed by atoms with Gasteiger partial charge in [0.25, 0.3) is 0 Å². The van der Waals surface area contributed by atoms with Gasteiger partial charge in [0.1, 0.15) is 0 Å². The van der Waals surface area contributed by atoms with E-state index >= 15 is 0 Å². The first-order valence-corrected chi connectivity index (χ1v) is 6.98. The summed E-state index contributed by atoms with van der Waals surface area (Å²) in [6, 6.07) is -0.590. The van der Waals surface area contributed by atoms with Crippen molar-refractivity contribution in [3.63, 3.8) is 0 Å². The summed E-state index contributed by atoms with van der Waals surface area (Å²) in [6.07, 6.45) is 3.70. The van der Waals surface area contributed by atoms with Crippen molar-refractivity contribution in [3.8, 4) is 0 Å². The number of carboxylic acid groups (broad SMARTS) is 1. The lowest BCUT2D eigenvalue weighted by molar-refractivity contribution is -0.137. The Balaban J connectivity index is 2.21. The zero-order chi connectivity index (χ0) is 14.3. The summed E-state index contributed by atoms with van der Waals surface area (Å²) in [6.45, 7) is 6.70. The molecule has 3 N–H and O–H groups in total. The van der Waals surface area contributed by atoms with Gasteiger partial charge in [0.2, 0.25) is 0 Å². The van der Waals surface area contributed by atoms with Crippen LogP contribution in [0.4, 0.5) is 4.79 Å². The van der Waals surface area contributed by atoms with E-state index in [0.29, 0.717) is 0 Å². The van der Waals surface area contributed by atoms with Gasteiger partial charge in [-0.15, -0.1) is 0 Å². The molecule has 19 heavy (non-hydrogen) atoms. The van der Waals surface area contributed by atoms with Crippen LogP contribution in [-0.2, 0) is 4.79 Å². The molecule has 2 unspecified atom stereocenters. The van der Waals surface area contributed by atoms with Gasteiger partial charge < -0.3 is 20.6 Å². The van der Waals surface area contributed by atoms with E-state index in [-0.39, 0.29) is 24.5 Å². The van der Waals surface area contributed by atoms with Gasteiger partial charge in [-0.05, 0) is 39.8 Å². The predicted molar refractivity (Wildman–Crippen MR) is 73.1 cm³/mol. The van der Waals surface area contributed by atoms with Crippen LogP contribution in [-0.4, -0.2) is 53.7 Å². The van der Waals surface area contributed by atoms with Crippen LogP contribution >= 0.6 is 0 Å². The minimum atomic E-state index is -0.908. The number of carboxylic acids is 1. The Morgan fingerprint density at radius 1 is 1.11 bits per heavy atom. The topological polar surface area (TPSA) is 81.7 Å². The Labute approximate surface area is 114 Å². The van der Waals surface area contributed by atoms with Crippen LogP contribution in [0.1, 0.15) is 39.5 Å². The van der Waals surface area contributed by atoms with E-state index in [4.69, 9.17) is 5.11 Å². The fourth-order valence-corrected chi connectivity index (χ4v) is 2.38. The van der Waals surface area contributed by atoms with Crippen LogP contribution in [0.2, 0.25) is 0 Å². The molecular weight excluding hydrogens is 246 g/mol. The molecule has 0 bridgehead atoms. The summed E-state index contributed by atoms with van der Waals surface area (Å²) in [5.74, 6) is -0.908. The molecule has 2 amide bonds. The number of amides is 2. The highest BCUT2D eigenvalue weighted by atomic mass is 16.4. The molecule has 1 saturated heterocycles. The van der Waals surface area contributed by atoms with Gasteiger partial charge in [0.15, 0.2) is 0 Å². The molecule has 0 aromatic rings. The van der Waals surface area contributed by atoms with Gasteiger partial charge in [0.05, 0.1) is 6.42 Å². The maximum absolute atomic E-state index is 11.7. The SMILES string of the molecule is CC(CC(=O)O)NC(=O)NC(C)CN1CCCCC1. The number of piperidine rings is 1. The molecule has 0 radical (unpaired) electrons. The number of urea groups is 1. The number of aliphatic carboxylic acids is 1. The summed E-state index contributed by atoms with van der Waals surface area (Å²) in [5, 5.41) is 14.1. The molecule has 1 rings (SSSR count). The van der Waals surface area contributed by atoms with Crippen LogP contribution in [0.15, 0.2) is 0 Å². The van der Waals surface area contributed by atoms with E-state index in [1.54, 1.807) is 6.92 Å². The molecule has 1 aliphatic rings. The van der Waals surface area contributed by atoms with Crippen LogP contribution in [0.3, 0.4) is 0 Å².